The third kappa shape index (κ3) is 4.46. The molecule has 0 bridgehead atoms. The molecule has 138 valence electrons. The summed E-state index contributed by atoms with van der Waals surface area (Å²) < 4.78 is 11.4. The summed E-state index contributed by atoms with van der Waals surface area (Å²) >= 11 is 0. The molecule has 0 radical (unpaired) electrons. The summed E-state index contributed by atoms with van der Waals surface area (Å²) in [6.07, 6.45) is 2.78. The van der Waals surface area contributed by atoms with E-state index < -0.39 is 0 Å². The maximum atomic E-state index is 12.6. The zero-order chi connectivity index (χ0) is 17.8. The molecule has 3 rings (SSSR count). The Morgan fingerprint density at radius 2 is 1.80 bits per heavy atom. The normalized spacial score (nSPS) is 20.2. The van der Waals surface area contributed by atoms with Gasteiger partial charge in [0.25, 0.3) is 0 Å². The van der Waals surface area contributed by atoms with Crippen molar-refractivity contribution in [2.75, 3.05) is 26.3 Å². The van der Waals surface area contributed by atoms with E-state index in [2.05, 4.69) is 24.1 Å². The van der Waals surface area contributed by atoms with E-state index in [0.29, 0.717) is 19.3 Å². The van der Waals surface area contributed by atoms with Gasteiger partial charge >= 0.3 is 0 Å². The highest BCUT2D eigenvalue weighted by atomic mass is 16.5. The Kier molecular flexibility index (Phi) is 5.84. The molecule has 0 aliphatic carbocycles. The summed E-state index contributed by atoms with van der Waals surface area (Å²) in [5.74, 6) is 1.86. The number of amides is 1. The fourth-order valence-corrected chi connectivity index (χ4v) is 3.54. The highest BCUT2D eigenvalue weighted by Crippen LogP contribution is 2.32. The Hall–Kier alpha value is -1.75. The van der Waals surface area contributed by atoms with E-state index in [1.807, 2.05) is 25.1 Å². The smallest absolute Gasteiger partial charge is 0.223 e. The second-order valence-electron chi connectivity index (χ2n) is 7.39. The van der Waals surface area contributed by atoms with Gasteiger partial charge < -0.3 is 19.7 Å². The molecule has 1 amide bonds. The quantitative estimate of drug-likeness (QED) is 0.910. The Bertz CT molecular complexity index is 595. The van der Waals surface area contributed by atoms with Crippen LogP contribution in [0.15, 0.2) is 18.2 Å². The van der Waals surface area contributed by atoms with Crippen molar-refractivity contribution in [3.05, 3.63) is 23.8 Å². The van der Waals surface area contributed by atoms with Gasteiger partial charge in [0.15, 0.2) is 11.5 Å². The third-order valence-electron chi connectivity index (χ3n) is 5.26. The molecule has 1 aromatic carbocycles. The van der Waals surface area contributed by atoms with Crippen molar-refractivity contribution in [2.24, 2.45) is 5.92 Å². The summed E-state index contributed by atoms with van der Waals surface area (Å²) in [6.45, 7) is 9.83. The van der Waals surface area contributed by atoms with Gasteiger partial charge in [-0.1, -0.05) is 6.07 Å². The number of hydrogen-bond acceptors (Lipinski definition) is 4. The lowest BCUT2D eigenvalue weighted by molar-refractivity contribution is -0.127. The van der Waals surface area contributed by atoms with E-state index in [4.69, 9.17) is 9.47 Å². The highest BCUT2D eigenvalue weighted by Gasteiger charge is 2.27. The van der Waals surface area contributed by atoms with Crippen LogP contribution in [0.4, 0.5) is 0 Å². The van der Waals surface area contributed by atoms with Crippen LogP contribution in [0.2, 0.25) is 0 Å². The number of benzene rings is 1. The zero-order valence-corrected chi connectivity index (χ0v) is 15.6. The summed E-state index contributed by atoms with van der Waals surface area (Å²) in [4.78, 5) is 15.1. The third-order valence-corrected chi connectivity index (χ3v) is 5.26. The van der Waals surface area contributed by atoms with E-state index in [1.54, 1.807) is 0 Å². The molecule has 2 aliphatic heterocycles. The van der Waals surface area contributed by atoms with Crippen molar-refractivity contribution >= 4 is 5.91 Å². The number of carbonyl (C=O) groups is 1. The van der Waals surface area contributed by atoms with Gasteiger partial charge in [-0.2, -0.15) is 0 Å². The summed E-state index contributed by atoms with van der Waals surface area (Å²) in [6, 6.07) is 6.48. The van der Waals surface area contributed by atoms with Crippen LogP contribution in [-0.4, -0.2) is 43.2 Å². The first kappa shape index (κ1) is 18.1. The van der Waals surface area contributed by atoms with Crippen molar-refractivity contribution in [3.63, 3.8) is 0 Å². The molecule has 2 aliphatic rings. The summed E-state index contributed by atoms with van der Waals surface area (Å²) in [7, 11) is 0. The molecule has 2 heterocycles. The number of ether oxygens (including phenoxy) is 2. The van der Waals surface area contributed by atoms with E-state index in [0.717, 1.165) is 49.4 Å². The SMILES string of the molecule is CC(C)N1CCC(C(=O)N[C@@H](C)c2ccc3c(c2)OCCCO3)CC1. The first-order valence-corrected chi connectivity index (χ1v) is 9.48. The van der Waals surface area contributed by atoms with Gasteiger partial charge in [0, 0.05) is 18.4 Å². The fraction of sp³-hybridized carbons (Fsp3) is 0.650. The molecule has 0 spiro atoms. The predicted molar refractivity (Wildman–Crippen MR) is 98.0 cm³/mol. The van der Waals surface area contributed by atoms with E-state index >= 15 is 0 Å². The fourth-order valence-electron chi connectivity index (χ4n) is 3.54. The molecule has 0 unspecified atom stereocenters. The van der Waals surface area contributed by atoms with Gasteiger partial charge in [0.1, 0.15) is 0 Å². The van der Waals surface area contributed by atoms with Gasteiger partial charge in [-0.15, -0.1) is 0 Å². The molecule has 5 heteroatoms. The molecule has 0 aromatic heterocycles. The monoisotopic (exact) mass is 346 g/mol. The molecule has 1 saturated heterocycles. The first-order chi connectivity index (χ1) is 12.0. The summed E-state index contributed by atoms with van der Waals surface area (Å²) in [5, 5.41) is 3.18. The van der Waals surface area contributed by atoms with Crippen LogP contribution >= 0.6 is 0 Å². The molecule has 1 aromatic rings. The van der Waals surface area contributed by atoms with Gasteiger partial charge in [-0.25, -0.2) is 0 Å². The number of nitrogens with one attached hydrogen (secondary N) is 1. The number of nitrogens with zero attached hydrogens (tertiary/aromatic N) is 1. The maximum absolute atomic E-state index is 12.6. The average Bonchev–Trinajstić information content (AvgIpc) is 2.86. The highest BCUT2D eigenvalue weighted by molar-refractivity contribution is 5.79. The molecule has 1 fully saturated rings. The van der Waals surface area contributed by atoms with Crippen LogP contribution < -0.4 is 14.8 Å². The minimum absolute atomic E-state index is 0.0345. The lowest BCUT2D eigenvalue weighted by atomic mass is 9.94. The van der Waals surface area contributed by atoms with Crippen molar-refractivity contribution in [3.8, 4) is 11.5 Å². The Morgan fingerprint density at radius 3 is 2.48 bits per heavy atom. The van der Waals surface area contributed by atoms with Crippen LogP contribution in [0.5, 0.6) is 11.5 Å². The topological polar surface area (TPSA) is 50.8 Å². The van der Waals surface area contributed by atoms with E-state index in [-0.39, 0.29) is 17.9 Å². The minimum atomic E-state index is -0.0345. The van der Waals surface area contributed by atoms with Crippen LogP contribution in [0.25, 0.3) is 0 Å². The predicted octanol–water partition coefficient (Wildman–Crippen LogP) is 3.15. The zero-order valence-electron chi connectivity index (χ0n) is 15.6. The summed E-state index contributed by atoms with van der Waals surface area (Å²) in [5.41, 5.74) is 1.05. The average molecular weight is 346 g/mol. The second kappa shape index (κ2) is 8.09. The molecule has 25 heavy (non-hydrogen) atoms. The molecular formula is C20H30N2O3. The molecule has 1 N–H and O–H groups in total. The molecule has 1 atom stereocenters. The number of piperidine rings is 1. The Morgan fingerprint density at radius 1 is 1.12 bits per heavy atom. The van der Waals surface area contributed by atoms with Crippen molar-refractivity contribution in [1.82, 2.24) is 10.2 Å². The first-order valence-electron chi connectivity index (χ1n) is 9.48. The van der Waals surface area contributed by atoms with E-state index in [9.17, 15) is 4.79 Å². The maximum Gasteiger partial charge on any atom is 0.223 e. The van der Waals surface area contributed by atoms with Crippen LogP contribution in [0.3, 0.4) is 0 Å². The van der Waals surface area contributed by atoms with Gasteiger partial charge in [-0.05, 0) is 64.4 Å². The lowest BCUT2D eigenvalue weighted by Gasteiger charge is -2.34. The number of fused-ring (bicyclic) bond motifs is 1. The number of rotatable bonds is 4. The Balaban J connectivity index is 1.58. The van der Waals surface area contributed by atoms with Gasteiger partial charge in [0.2, 0.25) is 5.91 Å². The molecule has 5 nitrogen and oxygen atoms in total. The van der Waals surface area contributed by atoms with Crippen molar-refractivity contribution in [2.45, 2.75) is 52.1 Å². The van der Waals surface area contributed by atoms with Gasteiger partial charge in [0.05, 0.1) is 19.3 Å². The molecular weight excluding hydrogens is 316 g/mol. The van der Waals surface area contributed by atoms with Gasteiger partial charge in [-0.3, -0.25) is 4.79 Å². The number of hydrogen-bond donors (Lipinski definition) is 1. The largest absolute Gasteiger partial charge is 0.490 e. The number of likely N-dealkylation sites (tertiary alicyclic amines) is 1. The van der Waals surface area contributed by atoms with Crippen molar-refractivity contribution < 1.29 is 14.3 Å². The second-order valence-corrected chi connectivity index (χ2v) is 7.39. The standard InChI is InChI=1S/C20H30N2O3/c1-14(2)22-9-7-16(8-10-22)20(23)21-15(3)17-5-6-18-19(13-17)25-12-4-11-24-18/h5-6,13-16H,4,7-12H2,1-3H3,(H,21,23)/t15-/m0/s1. The number of carbonyl (C=O) groups excluding carboxylic acids is 1. The minimum Gasteiger partial charge on any atom is -0.490 e. The van der Waals surface area contributed by atoms with Crippen LogP contribution in [-0.2, 0) is 4.79 Å². The Labute approximate surface area is 150 Å². The van der Waals surface area contributed by atoms with Crippen LogP contribution in [0.1, 0.15) is 51.6 Å². The molecule has 0 saturated carbocycles. The van der Waals surface area contributed by atoms with Crippen molar-refractivity contribution in [1.29, 1.82) is 0 Å². The van der Waals surface area contributed by atoms with E-state index in [1.165, 1.54) is 0 Å². The van der Waals surface area contributed by atoms with Crippen LogP contribution in [0, 0.1) is 5.92 Å². The lowest BCUT2D eigenvalue weighted by Crippen LogP contribution is -2.43.